The Balaban J connectivity index is 1.50. The van der Waals surface area contributed by atoms with E-state index in [0.717, 1.165) is 0 Å². The molecule has 0 unspecified atom stereocenters. The van der Waals surface area contributed by atoms with E-state index in [-0.39, 0.29) is 23.9 Å². The number of rotatable bonds is 8. The van der Waals surface area contributed by atoms with Gasteiger partial charge in [0.15, 0.2) is 24.7 Å². The zero-order chi connectivity index (χ0) is 21.6. The van der Waals surface area contributed by atoms with E-state index in [1.807, 2.05) is 0 Å². The monoisotopic (exact) mass is 441 g/mol. The van der Waals surface area contributed by atoms with Crippen LogP contribution in [0.25, 0.3) is 11.4 Å². The zero-order valence-corrected chi connectivity index (χ0v) is 16.0. The van der Waals surface area contributed by atoms with Gasteiger partial charge in [-0.1, -0.05) is 41.0 Å². The summed E-state index contributed by atoms with van der Waals surface area (Å²) < 4.78 is 52.0. The maximum Gasteiger partial charge on any atom is 0.422 e. The van der Waals surface area contributed by atoms with Crippen molar-refractivity contribution in [3.8, 4) is 22.9 Å². The number of benzene rings is 2. The maximum atomic E-state index is 12.3. The molecule has 0 saturated carbocycles. The van der Waals surface area contributed by atoms with Crippen molar-refractivity contribution in [1.82, 2.24) is 15.5 Å². The third-order valence-electron chi connectivity index (χ3n) is 3.59. The van der Waals surface area contributed by atoms with Gasteiger partial charge in [-0.3, -0.25) is 4.79 Å². The number of carbonyl (C=O) groups is 1. The average molecular weight is 442 g/mol. The molecule has 0 aliphatic carbocycles. The van der Waals surface area contributed by atoms with Gasteiger partial charge >= 0.3 is 6.18 Å². The van der Waals surface area contributed by atoms with Gasteiger partial charge in [0.05, 0.1) is 6.54 Å². The number of aromatic nitrogens is 2. The summed E-state index contributed by atoms with van der Waals surface area (Å²) in [5.74, 6) is -0.173. The second kappa shape index (κ2) is 9.49. The number of nitrogens with zero attached hydrogens (tertiary/aromatic N) is 2. The van der Waals surface area contributed by atoms with Crippen LogP contribution < -0.4 is 14.8 Å². The summed E-state index contributed by atoms with van der Waals surface area (Å²) in [6, 6.07) is 12.6. The molecule has 0 radical (unpaired) electrons. The summed E-state index contributed by atoms with van der Waals surface area (Å²) in [5, 5.41) is 6.85. The van der Waals surface area contributed by atoms with Gasteiger partial charge in [0.25, 0.3) is 5.91 Å². The van der Waals surface area contributed by atoms with Gasteiger partial charge in [0.2, 0.25) is 11.7 Å². The molecule has 3 aromatic rings. The topological polar surface area (TPSA) is 86.5 Å². The second-order valence-electron chi connectivity index (χ2n) is 5.94. The molecule has 1 amide bonds. The molecular formula is C19H15ClF3N3O4. The minimum atomic E-state index is -4.49. The van der Waals surface area contributed by atoms with Gasteiger partial charge in [0.1, 0.15) is 0 Å². The van der Waals surface area contributed by atoms with E-state index in [4.69, 9.17) is 25.6 Å². The minimum Gasteiger partial charge on any atom is -0.480 e. The average Bonchev–Trinajstić information content (AvgIpc) is 3.18. The summed E-state index contributed by atoms with van der Waals surface area (Å²) in [7, 11) is 0. The molecule has 0 atom stereocenters. The van der Waals surface area contributed by atoms with Gasteiger partial charge in [-0.2, -0.15) is 18.2 Å². The van der Waals surface area contributed by atoms with Gasteiger partial charge < -0.3 is 19.3 Å². The molecule has 1 heterocycles. The molecule has 0 aliphatic heterocycles. The molecule has 0 fully saturated rings. The summed E-state index contributed by atoms with van der Waals surface area (Å²) in [6.45, 7) is -1.96. The van der Waals surface area contributed by atoms with Crippen LogP contribution in [0.3, 0.4) is 0 Å². The number of hydrogen-bond donors (Lipinski definition) is 1. The Labute approximate surface area is 173 Å². The molecule has 0 spiro atoms. The van der Waals surface area contributed by atoms with Crippen molar-refractivity contribution in [3.63, 3.8) is 0 Å². The fourth-order valence-electron chi connectivity index (χ4n) is 2.29. The van der Waals surface area contributed by atoms with Crippen LogP contribution in [0.1, 0.15) is 5.89 Å². The fraction of sp³-hybridized carbons (Fsp3) is 0.211. The molecule has 1 N–H and O–H groups in total. The number of amides is 1. The van der Waals surface area contributed by atoms with Crippen LogP contribution in [-0.2, 0) is 11.3 Å². The first-order chi connectivity index (χ1) is 14.3. The van der Waals surface area contributed by atoms with Crippen LogP contribution in [0.2, 0.25) is 5.02 Å². The number of carbonyl (C=O) groups excluding carboxylic acids is 1. The highest BCUT2D eigenvalue weighted by Gasteiger charge is 2.29. The Kier molecular flexibility index (Phi) is 6.78. The Hall–Kier alpha value is -3.27. The second-order valence-corrected chi connectivity index (χ2v) is 6.37. The lowest BCUT2D eigenvalue weighted by molar-refractivity contribution is -0.153. The molecule has 7 nitrogen and oxygen atoms in total. The maximum absolute atomic E-state index is 12.3. The lowest BCUT2D eigenvalue weighted by atomic mass is 10.2. The van der Waals surface area contributed by atoms with E-state index in [1.54, 1.807) is 30.3 Å². The smallest absolute Gasteiger partial charge is 0.422 e. The number of alkyl halides is 3. The lowest BCUT2D eigenvalue weighted by Crippen LogP contribution is -2.28. The van der Waals surface area contributed by atoms with Crippen molar-refractivity contribution in [3.05, 3.63) is 59.4 Å². The van der Waals surface area contributed by atoms with Crippen LogP contribution in [0, 0.1) is 0 Å². The van der Waals surface area contributed by atoms with Crippen LogP contribution in [-0.4, -0.2) is 35.4 Å². The Morgan fingerprint density at radius 3 is 2.53 bits per heavy atom. The van der Waals surface area contributed by atoms with Gasteiger partial charge in [-0.05, 0) is 24.3 Å². The Morgan fingerprint density at radius 1 is 1.10 bits per heavy atom. The minimum absolute atomic E-state index is 0.0120. The van der Waals surface area contributed by atoms with Crippen molar-refractivity contribution in [1.29, 1.82) is 0 Å². The Morgan fingerprint density at radius 2 is 1.83 bits per heavy atom. The van der Waals surface area contributed by atoms with E-state index >= 15 is 0 Å². The van der Waals surface area contributed by atoms with Gasteiger partial charge in [-0.25, -0.2) is 0 Å². The van der Waals surface area contributed by atoms with Crippen molar-refractivity contribution in [2.24, 2.45) is 0 Å². The number of halogens is 4. The van der Waals surface area contributed by atoms with E-state index in [9.17, 15) is 18.0 Å². The zero-order valence-electron chi connectivity index (χ0n) is 15.3. The number of nitrogens with one attached hydrogen (secondary N) is 1. The normalized spacial score (nSPS) is 11.2. The van der Waals surface area contributed by atoms with E-state index in [0.29, 0.717) is 16.4 Å². The standard InChI is InChI=1S/C19H15ClF3N3O4/c20-13-5-3-4-12(8-13)18-25-17(30-26-18)9-24-16(27)10-28-14-6-1-2-7-15(14)29-11-19(21,22)23/h1-8H,9-11H2,(H,24,27). The molecule has 11 heteroatoms. The quantitative estimate of drug-likeness (QED) is 0.568. The molecule has 0 saturated heterocycles. The molecule has 30 heavy (non-hydrogen) atoms. The molecule has 3 rings (SSSR count). The fourth-order valence-corrected chi connectivity index (χ4v) is 2.48. The summed E-state index contributed by atoms with van der Waals surface area (Å²) in [6.07, 6.45) is -4.49. The van der Waals surface area contributed by atoms with Gasteiger partial charge in [0, 0.05) is 10.6 Å². The van der Waals surface area contributed by atoms with Crippen molar-refractivity contribution < 1.29 is 32.0 Å². The molecule has 0 aliphatic rings. The highest BCUT2D eigenvalue weighted by Crippen LogP contribution is 2.28. The molecular weight excluding hydrogens is 427 g/mol. The third-order valence-corrected chi connectivity index (χ3v) is 3.82. The van der Waals surface area contributed by atoms with Crippen molar-refractivity contribution >= 4 is 17.5 Å². The predicted molar refractivity (Wildman–Crippen MR) is 100 cm³/mol. The van der Waals surface area contributed by atoms with Crippen LogP contribution in [0.4, 0.5) is 13.2 Å². The van der Waals surface area contributed by atoms with E-state index < -0.39 is 25.3 Å². The largest absolute Gasteiger partial charge is 0.480 e. The number of hydrogen-bond acceptors (Lipinski definition) is 6. The first kappa shape index (κ1) is 21.4. The van der Waals surface area contributed by atoms with Crippen molar-refractivity contribution in [2.75, 3.05) is 13.2 Å². The lowest BCUT2D eigenvalue weighted by Gasteiger charge is -2.13. The third kappa shape index (κ3) is 6.38. The van der Waals surface area contributed by atoms with Crippen molar-refractivity contribution in [2.45, 2.75) is 12.7 Å². The van der Waals surface area contributed by atoms with Crippen LogP contribution in [0.15, 0.2) is 53.1 Å². The van der Waals surface area contributed by atoms with Crippen LogP contribution >= 0.6 is 11.6 Å². The highest BCUT2D eigenvalue weighted by atomic mass is 35.5. The molecule has 0 bridgehead atoms. The molecule has 158 valence electrons. The summed E-state index contributed by atoms with van der Waals surface area (Å²) in [5.41, 5.74) is 0.655. The number of ether oxygens (including phenoxy) is 2. The van der Waals surface area contributed by atoms with E-state index in [1.165, 1.54) is 18.2 Å². The van der Waals surface area contributed by atoms with Gasteiger partial charge in [-0.15, -0.1) is 0 Å². The predicted octanol–water partition coefficient (Wildman–Crippen LogP) is 4.03. The van der Waals surface area contributed by atoms with Crippen LogP contribution in [0.5, 0.6) is 11.5 Å². The highest BCUT2D eigenvalue weighted by molar-refractivity contribution is 6.30. The number of para-hydroxylation sites is 2. The molecule has 2 aromatic carbocycles. The Bertz CT molecular complexity index is 1010. The molecule has 1 aromatic heterocycles. The first-order valence-electron chi connectivity index (χ1n) is 8.57. The SMILES string of the molecule is O=C(COc1ccccc1OCC(F)(F)F)NCc1nc(-c2cccc(Cl)c2)no1. The summed E-state index contributed by atoms with van der Waals surface area (Å²) in [4.78, 5) is 16.1. The summed E-state index contributed by atoms with van der Waals surface area (Å²) >= 11 is 5.92. The van der Waals surface area contributed by atoms with E-state index in [2.05, 4.69) is 15.5 Å². The first-order valence-corrected chi connectivity index (χ1v) is 8.94.